The van der Waals surface area contributed by atoms with Gasteiger partial charge in [-0.05, 0) is 48.7 Å². The smallest absolute Gasteiger partial charge is 0.252 e. The highest BCUT2D eigenvalue weighted by Crippen LogP contribution is 2.27. The summed E-state index contributed by atoms with van der Waals surface area (Å²) in [6.45, 7) is 0.665. The lowest BCUT2D eigenvalue weighted by atomic mass is 10.0. The van der Waals surface area contributed by atoms with Gasteiger partial charge in [0.1, 0.15) is 17.4 Å². The van der Waals surface area contributed by atoms with Gasteiger partial charge in [0.05, 0.1) is 11.9 Å². The van der Waals surface area contributed by atoms with Crippen LogP contribution in [0, 0.1) is 5.82 Å². The normalized spacial score (nSPS) is 22.6. The van der Waals surface area contributed by atoms with E-state index in [0.29, 0.717) is 6.54 Å². The summed E-state index contributed by atoms with van der Waals surface area (Å²) >= 11 is 1.23. The molecular formula is C22H24FN5O3S. The molecule has 2 aliphatic rings. The van der Waals surface area contributed by atoms with Gasteiger partial charge in [-0.2, -0.15) is 0 Å². The first-order valence-electron chi connectivity index (χ1n) is 10.3. The zero-order chi connectivity index (χ0) is 22.7. The van der Waals surface area contributed by atoms with Crippen LogP contribution >= 0.6 is 11.8 Å². The van der Waals surface area contributed by atoms with E-state index in [1.54, 1.807) is 4.90 Å². The predicted octanol–water partition coefficient (Wildman–Crippen LogP) is 0.925. The minimum atomic E-state index is -1.01. The van der Waals surface area contributed by atoms with Crippen LogP contribution in [-0.2, 0) is 16.0 Å². The monoisotopic (exact) mass is 457 g/mol. The van der Waals surface area contributed by atoms with Crippen LogP contribution < -0.4 is 26.6 Å². The molecule has 32 heavy (non-hydrogen) atoms. The zero-order valence-electron chi connectivity index (χ0n) is 17.2. The van der Waals surface area contributed by atoms with Gasteiger partial charge < -0.3 is 21.3 Å². The fourth-order valence-electron chi connectivity index (χ4n) is 3.79. The third-order valence-corrected chi connectivity index (χ3v) is 6.44. The van der Waals surface area contributed by atoms with E-state index in [4.69, 9.17) is 5.73 Å². The SMILES string of the molecule is NC1NC(SCC(=O)N2CCCc3ccccc32)NC(=O)C1NC(=O)c1ccc(F)cc1. The van der Waals surface area contributed by atoms with Crippen molar-refractivity contribution in [3.8, 4) is 0 Å². The number of carbonyl (C=O) groups is 3. The third kappa shape index (κ3) is 4.93. The van der Waals surface area contributed by atoms with E-state index in [9.17, 15) is 18.8 Å². The average molecular weight is 458 g/mol. The lowest BCUT2D eigenvalue weighted by molar-refractivity contribution is -0.125. The van der Waals surface area contributed by atoms with E-state index < -0.39 is 35.3 Å². The van der Waals surface area contributed by atoms with Gasteiger partial charge in [0.2, 0.25) is 11.8 Å². The van der Waals surface area contributed by atoms with Crippen LogP contribution in [0.25, 0.3) is 0 Å². The summed E-state index contributed by atoms with van der Waals surface area (Å²) < 4.78 is 13.0. The molecule has 0 aromatic heterocycles. The number of nitrogens with two attached hydrogens (primary N) is 1. The van der Waals surface area contributed by atoms with Crippen molar-refractivity contribution in [2.24, 2.45) is 5.73 Å². The maximum atomic E-state index is 13.0. The highest BCUT2D eigenvalue weighted by molar-refractivity contribution is 8.00. The van der Waals surface area contributed by atoms with Gasteiger partial charge in [-0.3, -0.25) is 19.7 Å². The van der Waals surface area contributed by atoms with Crippen LogP contribution in [0.1, 0.15) is 22.3 Å². The van der Waals surface area contributed by atoms with Crippen LogP contribution in [0.15, 0.2) is 48.5 Å². The van der Waals surface area contributed by atoms with E-state index in [1.165, 1.54) is 36.0 Å². The van der Waals surface area contributed by atoms with Gasteiger partial charge in [-0.1, -0.05) is 18.2 Å². The maximum Gasteiger partial charge on any atom is 0.252 e. The van der Waals surface area contributed by atoms with E-state index >= 15 is 0 Å². The standard InChI is InChI=1S/C22H24FN5O3S/c23-15-9-7-14(8-10-15)20(30)25-18-19(24)26-22(27-21(18)31)32-12-17(29)28-11-3-5-13-4-1-2-6-16(13)28/h1-2,4,6-10,18-19,22,26H,3,5,11-12,24H2,(H,25,30)(H,27,31). The van der Waals surface area contributed by atoms with Crippen molar-refractivity contribution in [2.45, 2.75) is 30.5 Å². The number of hydrogen-bond donors (Lipinski definition) is 4. The number of nitrogens with one attached hydrogen (secondary N) is 3. The second kappa shape index (κ2) is 9.68. The number of thioether (sulfide) groups is 1. The number of rotatable bonds is 5. The summed E-state index contributed by atoms with van der Waals surface area (Å²) in [6, 6.07) is 11.8. The summed E-state index contributed by atoms with van der Waals surface area (Å²) in [7, 11) is 0. The first-order chi connectivity index (χ1) is 15.4. The first-order valence-corrected chi connectivity index (χ1v) is 11.4. The van der Waals surface area contributed by atoms with Gasteiger partial charge in [-0.15, -0.1) is 11.8 Å². The van der Waals surface area contributed by atoms with Crippen molar-refractivity contribution in [3.05, 3.63) is 65.5 Å². The molecule has 0 radical (unpaired) electrons. The Morgan fingerprint density at radius 3 is 2.69 bits per heavy atom. The average Bonchev–Trinajstić information content (AvgIpc) is 2.79. The molecule has 0 bridgehead atoms. The molecule has 4 rings (SSSR count). The number of hydrogen-bond acceptors (Lipinski definition) is 6. The van der Waals surface area contributed by atoms with Gasteiger partial charge in [-0.25, -0.2) is 4.39 Å². The van der Waals surface area contributed by atoms with E-state index in [2.05, 4.69) is 16.0 Å². The van der Waals surface area contributed by atoms with Crippen LogP contribution in [0.5, 0.6) is 0 Å². The lowest BCUT2D eigenvalue weighted by Gasteiger charge is -2.35. The minimum Gasteiger partial charge on any atom is -0.338 e. The number of nitrogens with zero attached hydrogens (tertiary/aromatic N) is 1. The number of para-hydroxylation sites is 1. The fraction of sp³-hybridized carbons (Fsp3) is 0.318. The number of anilines is 1. The van der Waals surface area contributed by atoms with Crippen molar-refractivity contribution in [2.75, 3.05) is 17.2 Å². The van der Waals surface area contributed by atoms with Crippen molar-refractivity contribution in [3.63, 3.8) is 0 Å². The Kier molecular flexibility index (Phi) is 6.73. The molecule has 0 aliphatic carbocycles. The molecule has 2 aromatic carbocycles. The van der Waals surface area contributed by atoms with Gasteiger partial charge in [0.25, 0.3) is 5.91 Å². The Morgan fingerprint density at radius 1 is 1.19 bits per heavy atom. The maximum absolute atomic E-state index is 13.0. The first kappa shape index (κ1) is 22.3. The van der Waals surface area contributed by atoms with Crippen molar-refractivity contribution in [1.82, 2.24) is 16.0 Å². The van der Waals surface area contributed by atoms with Gasteiger partial charge in [0.15, 0.2) is 0 Å². The largest absolute Gasteiger partial charge is 0.338 e. The number of carbonyl (C=O) groups excluding carboxylic acids is 3. The van der Waals surface area contributed by atoms with Crippen LogP contribution in [0.4, 0.5) is 10.1 Å². The number of amides is 3. The quantitative estimate of drug-likeness (QED) is 0.531. The molecule has 5 N–H and O–H groups in total. The minimum absolute atomic E-state index is 0.0430. The highest BCUT2D eigenvalue weighted by atomic mass is 32.2. The molecule has 8 nitrogen and oxygen atoms in total. The summed E-state index contributed by atoms with van der Waals surface area (Å²) in [4.78, 5) is 39.5. The summed E-state index contributed by atoms with van der Waals surface area (Å²) in [6.07, 6.45) is 1.01. The molecule has 0 spiro atoms. The summed E-state index contributed by atoms with van der Waals surface area (Å²) in [5.74, 6) is -1.34. The Bertz CT molecular complexity index is 1020. The number of benzene rings is 2. The molecule has 2 heterocycles. The second-order valence-corrected chi connectivity index (χ2v) is 8.72. The van der Waals surface area contributed by atoms with Crippen molar-refractivity contribution in [1.29, 1.82) is 0 Å². The van der Waals surface area contributed by atoms with Gasteiger partial charge in [0, 0.05) is 17.8 Å². The fourth-order valence-corrected chi connectivity index (χ4v) is 4.71. The second-order valence-electron chi connectivity index (χ2n) is 7.63. The Morgan fingerprint density at radius 2 is 1.94 bits per heavy atom. The number of halogens is 1. The Balaban J connectivity index is 1.31. The van der Waals surface area contributed by atoms with E-state index in [-0.39, 0.29) is 17.2 Å². The molecule has 0 saturated carbocycles. The molecule has 2 aliphatic heterocycles. The Hall–Kier alpha value is -2.95. The topological polar surface area (TPSA) is 117 Å². The molecule has 168 valence electrons. The molecule has 2 aromatic rings. The van der Waals surface area contributed by atoms with Crippen LogP contribution in [-0.4, -0.2) is 47.7 Å². The number of aryl methyl sites for hydroxylation is 1. The van der Waals surface area contributed by atoms with Crippen molar-refractivity contribution >= 4 is 35.2 Å². The molecule has 3 atom stereocenters. The number of fused-ring (bicyclic) bond motifs is 1. The predicted molar refractivity (Wildman–Crippen MR) is 120 cm³/mol. The zero-order valence-corrected chi connectivity index (χ0v) is 18.0. The van der Waals surface area contributed by atoms with E-state index in [1.807, 2.05) is 24.3 Å². The molecule has 3 unspecified atom stereocenters. The van der Waals surface area contributed by atoms with Gasteiger partial charge >= 0.3 is 0 Å². The Labute approximate surface area is 189 Å². The molecule has 1 fully saturated rings. The third-order valence-electron chi connectivity index (χ3n) is 5.44. The van der Waals surface area contributed by atoms with Crippen LogP contribution in [0.3, 0.4) is 0 Å². The van der Waals surface area contributed by atoms with Crippen molar-refractivity contribution < 1.29 is 18.8 Å². The summed E-state index contributed by atoms with van der Waals surface area (Å²) in [5.41, 5.74) is 7.81. The van der Waals surface area contributed by atoms with Crippen LogP contribution in [0.2, 0.25) is 0 Å². The molecular weight excluding hydrogens is 433 g/mol. The molecule has 1 saturated heterocycles. The highest BCUT2D eigenvalue weighted by Gasteiger charge is 2.36. The molecule has 10 heteroatoms. The van der Waals surface area contributed by atoms with E-state index in [0.717, 1.165) is 24.1 Å². The summed E-state index contributed by atoms with van der Waals surface area (Å²) in [5, 5.41) is 8.29. The lowest BCUT2D eigenvalue weighted by Crippen LogP contribution is -2.70. The molecule has 3 amide bonds.